The number of carbonyl (C=O) groups is 9. The molecule has 41 heavy (non-hydrogen) atoms. The first-order chi connectivity index (χ1) is 17.3. The van der Waals surface area contributed by atoms with Crippen LogP contribution in [-0.2, 0) is 43.2 Å². The minimum absolute atomic E-state index is 0. The van der Waals surface area contributed by atoms with E-state index < -0.39 is 109 Å². The van der Waals surface area contributed by atoms with E-state index in [1.54, 1.807) is 0 Å². The number of aliphatic hydroxyl groups is 3. The van der Waals surface area contributed by atoms with Crippen molar-refractivity contribution in [3.05, 3.63) is 0 Å². The van der Waals surface area contributed by atoms with Crippen molar-refractivity contribution in [3.63, 3.8) is 0 Å². The predicted octanol–water partition coefficient (Wildman–Crippen LogP) is -5.22. The van der Waals surface area contributed by atoms with E-state index in [9.17, 15) is 43.2 Å². The summed E-state index contributed by atoms with van der Waals surface area (Å²) in [4.78, 5) is 91.5. The van der Waals surface area contributed by atoms with E-state index in [0.29, 0.717) is 0 Å². The minimum atomic E-state index is -2.74. The second kappa shape index (κ2) is 20.6. The third-order valence-electron chi connectivity index (χ3n) is 3.86. The van der Waals surface area contributed by atoms with Crippen LogP contribution in [0.4, 0.5) is 0 Å². The van der Waals surface area contributed by atoms with Gasteiger partial charge in [-0.1, -0.05) is 0 Å². The van der Waals surface area contributed by atoms with Gasteiger partial charge in [0, 0.05) is 0 Å². The van der Waals surface area contributed by atoms with Crippen molar-refractivity contribution in [3.8, 4) is 0 Å². The van der Waals surface area contributed by atoms with Crippen molar-refractivity contribution in [1.82, 2.24) is 0 Å². The van der Waals surface area contributed by atoms with Crippen molar-refractivity contribution >= 4 is 105 Å². The fourth-order valence-electron chi connectivity index (χ4n) is 2.14. The Balaban J connectivity index is -0.000000154. The normalized spacial score (nSPS) is 10.3. The Kier molecular flexibility index (Phi) is 23.8. The molecular weight excluding hydrogens is 607 g/mol. The summed E-state index contributed by atoms with van der Waals surface area (Å²) in [5.74, 6) is -15.1. The van der Waals surface area contributed by atoms with Gasteiger partial charge in [-0.3, -0.25) is 28.8 Å². The van der Waals surface area contributed by atoms with Crippen molar-refractivity contribution in [2.75, 3.05) is 0 Å². The van der Waals surface area contributed by atoms with Crippen LogP contribution in [0.5, 0.6) is 0 Å². The van der Waals surface area contributed by atoms with Crippen LogP contribution in [0.15, 0.2) is 0 Å². The molecular formula is C18H27KO22. The molecule has 0 aromatic rings. The number of carboxylic acids is 9. The number of carboxylic acid groups (broad SMARTS) is 9. The first-order valence-electron chi connectivity index (χ1n) is 9.51. The zero-order valence-electron chi connectivity index (χ0n) is 19.8. The Morgan fingerprint density at radius 3 is 0.488 bits per heavy atom. The monoisotopic (exact) mass is 634 g/mol. The molecule has 0 aliphatic rings. The molecule has 232 valence electrons. The summed E-state index contributed by atoms with van der Waals surface area (Å²) in [6, 6.07) is 0. The molecule has 0 aliphatic carbocycles. The van der Waals surface area contributed by atoms with Crippen LogP contribution in [-0.4, -0.2) is 189 Å². The molecule has 0 spiro atoms. The molecule has 0 radical (unpaired) electrons. The van der Waals surface area contributed by atoms with Crippen LogP contribution in [0.25, 0.3) is 0 Å². The Morgan fingerprint density at radius 2 is 0.439 bits per heavy atom. The number of aliphatic carboxylic acids is 9. The topological polar surface area (TPSA) is 428 Å². The Labute approximate surface area is 268 Å². The first-order valence-corrected chi connectivity index (χ1v) is 9.51. The molecule has 0 amide bonds. The Bertz CT molecular complexity index is 813. The maximum atomic E-state index is 10.3. The Morgan fingerprint density at radius 1 is 0.341 bits per heavy atom. The molecule has 0 heterocycles. The van der Waals surface area contributed by atoms with Gasteiger partial charge in [0.15, 0.2) is 16.8 Å². The summed E-state index contributed by atoms with van der Waals surface area (Å²) in [6.45, 7) is 0. The van der Waals surface area contributed by atoms with E-state index >= 15 is 0 Å². The van der Waals surface area contributed by atoms with Crippen molar-refractivity contribution < 1.29 is 110 Å². The van der Waals surface area contributed by atoms with Crippen molar-refractivity contribution in [1.29, 1.82) is 0 Å². The van der Waals surface area contributed by atoms with Crippen LogP contribution in [0.3, 0.4) is 0 Å². The van der Waals surface area contributed by atoms with Gasteiger partial charge in [0.25, 0.3) is 0 Å². The van der Waals surface area contributed by atoms with E-state index in [1.807, 2.05) is 0 Å². The first kappa shape index (κ1) is 47.5. The fourth-order valence-corrected chi connectivity index (χ4v) is 2.14. The predicted molar refractivity (Wildman–Crippen MR) is 122 cm³/mol. The van der Waals surface area contributed by atoms with E-state index in [2.05, 4.69) is 0 Å². The van der Waals surface area contributed by atoms with Gasteiger partial charge in [-0.15, -0.1) is 0 Å². The molecule has 0 unspecified atom stereocenters. The molecule has 0 aromatic carbocycles. The number of hydrogen-bond donors (Lipinski definition) is 12. The van der Waals surface area contributed by atoms with Crippen LogP contribution >= 0.6 is 0 Å². The van der Waals surface area contributed by atoms with Crippen molar-refractivity contribution in [2.24, 2.45) is 0 Å². The molecule has 0 bridgehead atoms. The zero-order chi connectivity index (χ0) is 31.9. The van der Waals surface area contributed by atoms with Gasteiger partial charge in [-0.2, -0.15) is 0 Å². The molecule has 14 N–H and O–H groups in total. The van der Waals surface area contributed by atoms with E-state index in [-0.39, 0.29) is 56.9 Å². The average Bonchev–Trinajstić information content (AvgIpc) is 2.64. The van der Waals surface area contributed by atoms with Gasteiger partial charge in [0.05, 0.1) is 38.5 Å². The summed E-state index contributed by atoms with van der Waals surface area (Å²) >= 11 is 0. The third-order valence-corrected chi connectivity index (χ3v) is 3.86. The molecule has 0 rings (SSSR count). The number of hydrogen-bond acceptors (Lipinski definition) is 12. The number of rotatable bonds is 15. The molecule has 0 saturated carbocycles. The quantitative estimate of drug-likeness (QED) is 0.0748. The van der Waals surface area contributed by atoms with Crippen molar-refractivity contribution in [2.45, 2.75) is 55.3 Å². The maximum absolute atomic E-state index is 10.3. The van der Waals surface area contributed by atoms with Gasteiger partial charge in [-0.25, -0.2) is 14.4 Å². The molecule has 23 heteroatoms. The zero-order valence-corrected chi connectivity index (χ0v) is 19.8. The molecule has 22 nitrogen and oxygen atoms in total. The summed E-state index contributed by atoms with van der Waals surface area (Å²) in [5, 5.41) is 101. The molecule has 0 saturated heterocycles. The van der Waals surface area contributed by atoms with Gasteiger partial charge in [0.1, 0.15) is 0 Å². The second-order valence-electron chi connectivity index (χ2n) is 7.43. The fraction of sp³-hybridized carbons (Fsp3) is 0.500. The second-order valence-corrected chi connectivity index (χ2v) is 7.43. The third kappa shape index (κ3) is 22.1. The van der Waals surface area contributed by atoms with E-state index in [4.69, 9.17) is 61.3 Å². The summed E-state index contributed by atoms with van der Waals surface area (Å²) in [5.41, 5.74) is -8.22. The van der Waals surface area contributed by atoms with E-state index in [0.717, 1.165) is 0 Å². The molecule has 0 atom stereocenters. The summed E-state index contributed by atoms with van der Waals surface area (Å²) < 4.78 is 0. The molecule has 0 aliphatic heterocycles. The van der Waals surface area contributed by atoms with Gasteiger partial charge >= 0.3 is 105 Å². The van der Waals surface area contributed by atoms with E-state index in [1.165, 1.54) is 0 Å². The van der Waals surface area contributed by atoms with Gasteiger partial charge in [0.2, 0.25) is 0 Å². The summed E-state index contributed by atoms with van der Waals surface area (Å²) in [6.07, 6.45) is -6.87. The molecule has 0 fully saturated rings. The summed E-state index contributed by atoms with van der Waals surface area (Å²) in [7, 11) is 0. The SMILES string of the molecule is O.O=C(O)CC(O)(CC(=O)O)C(=O)O.O=C(O)CC(O)(CC(=O)O)C(=O)O.O=C(O)CC(O)(CC(=O)O)C(=O)O.[KH]. The molecule has 0 aromatic heterocycles. The van der Waals surface area contributed by atoms with Crippen LogP contribution in [0, 0.1) is 0 Å². The van der Waals surface area contributed by atoms with Gasteiger partial charge in [-0.05, 0) is 0 Å². The van der Waals surface area contributed by atoms with Crippen LogP contribution < -0.4 is 0 Å². The standard InChI is InChI=1S/3C6H8O7.K.H2O.H/c3*7-3(8)1-6(13,5(11)12)2-4(9)10;;;/h3*13H,1-2H2,(H,7,8)(H,9,10)(H,11,12);;1H2;. The van der Waals surface area contributed by atoms with Crippen LogP contribution in [0.1, 0.15) is 38.5 Å². The van der Waals surface area contributed by atoms with Crippen LogP contribution in [0.2, 0.25) is 0 Å². The average molecular weight is 634 g/mol. The Hall–Kier alpha value is -3.29. The van der Waals surface area contributed by atoms with Gasteiger partial charge < -0.3 is 66.8 Å².